The lowest BCUT2D eigenvalue weighted by atomic mass is 10.2. The third-order valence-electron chi connectivity index (χ3n) is 4.89. The Bertz CT molecular complexity index is 1370. The number of rotatable bonds is 6. The smallest absolute Gasteiger partial charge is 0.331 e. The molecule has 0 saturated carbocycles. The normalized spacial score (nSPS) is 11.3. The minimum Gasteiger partial charge on any atom is -0.456 e. The fourth-order valence-electron chi connectivity index (χ4n) is 3.29. The Balaban J connectivity index is 1.43. The summed E-state index contributed by atoms with van der Waals surface area (Å²) < 4.78 is 8.40. The zero-order valence-electron chi connectivity index (χ0n) is 17.7. The van der Waals surface area contributed by atoms with Gasteiger partial charge in [0.25, 0.3) is 5.56 Å². The number of hydrogen-bond acceptors (Lipinski definition) is 5. The Labute approximate surface area is 189 Å². The number of aryl methyl sites for hydroxylation is 2. The Morgan fingerprint density at radius 1 is 1.16 bits per heavy atom. The highest BCUT2D eigenvalue weighted by molar-refractivity contribution is 6.31. The predicted octanol–water partition coefficient (Wildman–Crippen LogP) is 3.97. The summed E-state index contributed by atoms with van der Waals surface area (Å²) in [5, 5.41) is 4.90. The molecule has 3 heterocycles. The number of fused-ring (bicyclic) bond motifs is 1. The average molecular weight is 449 g/mol. The molecule has 0 aliphatic carbocycles. The van der Waals surface area contributed by atoms with E-state index in [-0.39, 0.29) is 12.2 Å². The van der Waals surface area contributed by atoms with Crippen molar-refractivity contribution in [3.63, 3.8) is 0 Å². The van der Waals surface area contributed by atoms with Crippen LogP contribution in [0.4, 0.5) is 0 Å². The molecule has 8 heteroatoms. The van der Waals surface area contributed by atoms with Gasteiger partial charge in [-0.15, -0.1) is 0 Å². The molecule has 0 N–H and O–H groups in total. The van der Waals surface area contributed by atoms with Crippen LogP contribution in [0, 0.1) is 13.8 Å². The number of nitrogens with zero attached hydrogens (tertiary/aromatic N) is 4. The van der Waals surface area contributed by atoms with Crippen LogP contribution in [0.15, 0.2) is 65.6 Å². The molecule has 0 fully saturated rings. The van der Waals surface area contributed by atoms with E-state index >= 15 is 0 Å². The minimum atomic E-state index is -0.567. The van der Waals surface area contributed by atoms with Crippen molar-refractivity contribution in [3.05, 3.63) is 104 Å². The van der Waals surface area contributed by atoms with Crippen LogP contribution in [0.1, 0.15) is 28.1 Å². The first-order valence-corrected chi connectivity index (χ1v) is 10.4. The van der Waals surface area contributed by atoms with Crippen LogP contribution >= 0.6 is 11.6 Å². The summed E-state index contributed by atoms with van der Waals surface area (Å²) in [4.78, 5) is 28.8. The second-order valence-electron chi connectivity index (χ2n) is 7.39. The van der Waals surface area contributed by atoms with Crippen molar-refractivity contribution in [2.24, 2.45) is 0 Å². The monoisotopic (exact) mass is 448 g/mol. The first-order valence-electron chi connectivity index (χ1n) is 10.0. The van der Waals surface area contributed by atoms with Gasteiger partial charge in [0, 0.05) is 23.9 Å². The summed E-state index contributed by atoms with van der Waals surface area (Å²) in [5.74, 6) is -0.567. The van der Waals surface area contributed by atoms with Gasteiger partial charge in [0.15, 0.2) is 0 Å². The molecular weight excluding hydrogens is 428 g/mol. The number of ether oxygens (including phenoxy) is 1. The molecule has 0 spiro atoms. The number of hydrogen-bond donors (Lipinski definition) is 0. The topological polar surface area (TPSA) is 78.5 Å². The summed E-state index contributed by atoms with van der Waals surface area (Å²) in [7, 11) is 0. The molecule has 3 aromatic heterocycles. The van der Waals surface area contributed by atoms with Gasteiger partial charge in [-0.25, -0.2) is 14.5 Å². The van der Waals surface area contributed by atoms with Gasteiger partial charge in [-0.1, -0.05) is 48.0 Å². The highest BCUT2D eigenvalue weighted by atomic mass is 35.5. The van der Waals surface area contributed by atoms with E-state index in [2.05, 4.69) is 10.1 Å². The number of carbonyl (C=O) groups excluding carboxylic acids is 1. The second kappa shape index (κ2) is 9.20. The molecule has 0 radical (unpaired) electrons. The lowest BCUT2D eigenvalue weighted by molar-refractivity contribution is -0.139. The maximum absolute atomic E-state index is 12.3. The number of esters is 1. The van der Waals surface area contributed by atoms with Crippen LogP contribution in [0.5, 0.6) is 0 Å². The molecule has 0 saturated heterocycles. The Hall–Kier alpha value is -3.71. The first-order chi connectivity index (χ1) is 15.4. The van der Waals surface area contributed by atoms with Crippen LogP contribution in [0.25, 0.3) is 11.7 Å². The second-order valence-corrected chi connectivity index (χ2v) is 7.75. The van der Waals surface area contributed by atoms with Crippen LogP contribution in [-0.2, 0) is 22.7 Å². The molecule has 4 aromatic rings. The van der Waals surface area contributed by atoms with Crippen molar-refractivity contribution in [2.45, 2.75) is 27.0 Å². The van der Waals surface area contributed by atoms with Crippen LogP contribution < -0.4 is 5.56 Å². The lowest BCUT2D eigenvalue weighted by Crippen LogP contribution is -2.16. The van der Waals surface area contributed by atoms with Crippen molar-refractivity contribution in [1.29, 1.82) is 0 Å². The van der Waals surface area contributed by atoms with E-state index in [9.17, 15) is 9.59 Å². The Kier molecular flexibility index (Phi) is 6.18. The summed E-state index contributed by atoms with van der Waals surface area (Å²) >= 11 is 6.47. The summed E-state index contributed by atoms with van der Waals surface area (Å²) in [6.07, 6.45) is 4.59. The molecule has 4 rings (SSSR count). The standard InChI is InChI=1S/C24H21ClN4O3/c1-16-8-10-21-26-19(12-22(30)28(21)13-16)15-32-23(31)11-9-20-17(2)27-29(24(20)25)14-18-6-4-3-5-7-18/h3-13H,14-15H2,1-2H3/b11-9+. The molecule has 0 aliphatic heterocycles. The SMILES string of the molecule is Cc1ccc2nc(COC(=O)/C=C/c3c(C)nn(Cc4ccccc4)c3Cl)cc(=O)n2c1. The number of pyridine rings is 1. The summed E-state index contributed by atoms with van der Waals surface area (Å²) in [5.41, 5.74) is 4.02. The van der Waals surface area contributed by atoms with Gasteiger partial charge in [0.1, 0.15) is 17.4 Å². The fraction of sp³-hybridized carbons (Fsp3) is 0.167. The van der Waals surface area contributed by atoms with Gasteiger partial charge in [-0.3, -0.25) is 9.20 Å². The summed E-state index contributed by atoms with van der Waals surface area (Å²) in [6, 6.07) is 14.8. The van der Waals surface area contributed by atoms with Crippen LogP contribution in [0.3, 0.4) is 0 Å². The van der Waals surface area contributed by atoms with Crippen molar-refractivity contribution < 1.29 is 9.53 Å². The number of carbonyl (C=O) groups is 1. The lowest BCUT2D eigenvalue weighted by Gasteiger charge is -2.05. The van der Waals surface area contributed by atoms with E-state index in [1.54, 1.807) is 23.0 Å². The Morgan fingerprint density at radius 2 is 1.94 bits per heavy atom. The average Bonchev–Trinajstić information content (AvgIpc) is 3.04. The quantitative estimate of drug-likeness (QED) is 0.329. The minimum absolute atomic E-state index is 0.108. The van der Waals surface area contributed by atoms with Crippen molar-refractivity contribution in [2.75, 3.05) is 0 Å². The number of benzene rings is 1. The maximum Gasteiger partial charge on any atom is 0.331 e. The van der Waals surface area contributed by atoms with Gasteiger partial charge >= 0.3 is 5.97 Å². The van der Waals surface area contributed by atoms with Gasteiger partial charge < -0.3 is 4.74 Å². The molecule has 0 amide bonds. The van der Waals surface area contributed by atoms with Gasteiger partial charge in [0.2, 0.25) is 0 Å². The van der Waals surface area contributed by atoms with E-state index in [4.69, 9.17) is 16.3 Å². The van der Waals surface area contributed by atoms with Gasteiger partial charge in [-0.05, 0) is 37.1 Å². The maximum atomic E-state index is 12.3. The molecule has 0 unspecified atom stereocenters. The molecule has 162 valence electrons. The molecule has 1 aromatic carbocycles. The third kappa shape index (κ3) is 4.78. The van der Waals surface area contributed by atoms with E-state index in [0.29, 0.717) is 34.3 Å². The molecule has 7 nitrogen and oxygen atoms in total. The van der Waals surface area contributed by atoms with E-state index in [1.807, 2.05) is 50.2 Å². The first kappa shape index (κ1) is 21.5. The van der Waals surface area contributed by atoms with Gasteiger partial charge in [0.05, 0.1) is 17.9 Å². The Morgan fingerprint density at radius 3 is 2.72 bits per heavy atom. The van der Waals surface area contributed by atoms with Gasteiger partial charge in [-0.2, -0.15) is 5.10 Å². The zero-order valence-corrected chi connectivity index (χ0v) is 18.4. The summed E-state index contributed by atoms with van der Waals surface area (Å²) in [6.45, 7) is 4.14. The molecule has 0 atom stereocenters. The molecule has 0 bridgehead atoms. The van der Waals surface area contributed by atoms with Crippen molar-refractivity contribution in [1.82, 2.24) is 19.2 Å². The van der Waals surface area contributed by atoms with E-state index in [0.717, 1.165) is 11.1 Å². The molecule has 32 heavy (non-hydrogen) atoms. The highest BCUT2D eigenvalue weighted by Gasteiger charge is 2.12. The molecule has 0 aliphatic rings. The van der Waals surface area contributed by atoms with Crippen LogP contribution in [0.2, 0.25) is 5.15 Å². The highest BCUT2D eigenvalue weighted by Crippen LogP contribution is 2.22. The largest absolute Gasteiger partial charge is 0.456 e. The zero-order chi connectivity index (χ0) is 22.7. The van der Waals surface area contributed by atoms with Crippen LogP contribution in [-0.4, -0.2) is 25.1 Å². The third-order valence-corrected chi connectivity index (χ3v) is 5.29. The number of aromatic nitrogens is 4. The fourth-order valence-corrected chi connectivity index (χ4v) is 3.59. The van der Waals surface area contributed by atoms with E-state index < -0.39 is 5.97 Å². The van der Waals surface area contributed by atoms with Crippen molar-refractivity contribution in [3.8, 4) is 0 Å². The van der Waals surface area contributed by atoms with Crippen molar-refractivity contribution >= 4 is 29.3 Å². The predicted molar refractivity (Wildman–Crippen MR) is 123 cm³/mol. The number of halogens is 1. The van der Waals surface area contributed by atoms with E-state index in [1.165, 1.54) is 16.5 Å². The molecular formula is C24H21ClN4O3.